The van der Waals surface area contributed by atoms with Gasteiger partial charge in [0.2, 0.25) is 0 Å². The molecule has 1 amide bonds. The summed E-state index contributed by atoms with van der Waals surface area (Å²) < 4.78 is 0. The van der Waals surface area contributed by atoms with E-state index in [0.717, 1.165) is 6.07 Å². The Labute approximate surface area is 101 Å². The molecule has 8 heteroatoms. The maximum Gasteiger partial charge on any atom is 0.343 e. The smallest absolute Gasteiger partial charge is 0.343 e. The molecule has 0 radical (unpaired) electrons. The molecule has 1 heterocycles. The van der Waals surface area contributed by atoms with Gasteiger partial charge >= 0.3 is 5.82 Å². The summed E-state index contributed by atoms with van der Waals surface area (Å²) in [6, 6.07) is 7.73. The highest BCUT2D eigenvalue weighted by atomic mass is 16.6. The molecule has 4 N–H and O–H groups in total. The normalized spacial score (nSPS) is 10.0. The van der Waals surface area contributed by atoms with E-state index in [9.17, 15) is 14.9 Å². The highest BCUT2D eigenvalue weighted by Gasteiger charge is 2.16. The average Bonchev–Trinajstić information content (AvgIpc) is 2.81. The monoisotopic (exact) mass is 247 g/mol. The molecular formula is C10H9N5O3. The molecule has 0 atom stereocenters. The number of aromatic nitrogens is 2. The number of anilines is 2. The van der Waals surface area contributed by atoms with E-state index in [1.807, 2.05) is 0 Å². The van der Waals surface area contributed by atoms with E-state index in [1.54, 1.807) is 24.3 Å². The van der Waals surface area contributed by atoms with Crippen LogP contribution in [0, 0.1) is 10.1 Å². The van der Waals surface area contributed by atoms with Crippen molar-refractivity contribution in [2.45, 2.75) is 0 Å². The third kappa shape index (κ3) is 2.26. The fourth-order valence-corrected chi connectivity index (χ4v) is 1.32. The Balaban J connectivity index is 2.17. The largest absolute Gasteiger partial charge is 0.397 e. The quantitative estimate of drug-likeness (QED) is 0.426. The summed E-state index contributed by atoms with van der Waals surface area (Å²) in [6.45, 7) is 0. The second kappa shape index (κ2) is 4.53. The van der Waals surface area contributed by atoms with Gasteiger partial charge in [0.25, 0.3) is 5.91 Å². The van der Waals surface area contributed by atoms with Crippen LogP contribution in [0.2, 0.25) is 0 Å². The van der Waals surface area contributed by atoms with Crippen LogP contribution in [0.3, 0.4) is 0 Å². The van der Waals surface area contributed by atoms with E-state index in [1.165, 1.54) is 0 Å². The number of amides is 1. The molecule has 92 valence electrons. The van der Waals surface area contributed by atoms with Crippen LogP contribution in [0.5, 0.6) is 0 Å². The molecule has 0 aliphatic rings. The Hall–Kier alpha value is -2.90. The second-order valence-corrected chi connectivity index (χ2v) is 3.44. The van der Waals surface area contributed by atoms with Crippen molar-refractivity contribution in [3.63, 3.8) is 0 Å². The van der Waals surface area contributed by atoms with Crippen molar-refractivity contribution < 1.29 is 9.72 Å². The molecule has 2 rings (SSSR count). The van der Waals surface area contributed by atoms with Gasteiger partial charge in [-0.15, -0.1) is 5.10 Å². The minimum absolute atomic E-state index is 0.0787. The molecule has 0 bridgehead atoms. The van der Waals surface area contributed by atoms with Crippen molar-refractivity contribution in [3.05, 3.63) is 46.1 Å². The molecule has 0 unspecified atom stereocenters. The van der Waals surface area contributed by atoms with Crippen LogP contribution in [-0.2, 0) is 0 Å². The Morgan fingerprint density at radius 3 is 2.78 bits per heavy atom. The van der Waals surface area contributed by atoms with Gasteiger partial charge in [-0.3, -0.25) is 4.79 Å². The van der Waals surface area contributed by atoms with Crippen LogP contribution in [-0.4, -0.2) is 21.0 Å². The Kier molecular flexibility index (Phi) is 2.92. The van der Waals surface area contributed by atoms with E-state index in [0.29, 0.717) is 11.4 Å². The van der Waals surface area contributed by atoms with E-state index in [4.69, 9.17) is 5.73 Å². The molecule has 0 fully saturated rings. The van der Waals surface area contributed by atoms with Crippen molar-refractivity contribution in [3.8, 4) is 0 Å². The van der Waals surface area contributed by atoms with Gasteiger partial charge in [0.15, 0.2) is 5.69 Å². The molecule has 0 saturated heterocycles. The van der Waals surface area contributed by atoms with Crippen molar-refractivity contribution in [1.29, 1.82) is 0 Å². The number of benzene rings is 1. The van der Waals surface area contributed by atoms with Gasteiger partial charge in [0, 0.05) is 0 Å². The maximum atomic E-state index is 11.7. The van der Waals surface area contributed by atoms with Gasteiger partial charge in [0.1, 0.15) is 0 Å². The zero-order valence-corrected chi connectivity index (χ0v) is 9.08. The lowest BCUT2D eigenvalue weighted by molar-refractivity contribution is -0.389. The minimum atomic E-state index is -0.666. The molecule has 0 spiro atoms. The number of nitrogens with two attached hydrogens (primary N) is 1. The van der Waals surface area contributed by atoms with E-state index < -0.39 is 10.8 Å². The van der Waals surface area contributed by atoms with Crippen molar-refractivity contribution >= 4 is 23.1 Å². The Morgan fingerprint density at radius 1 is 1.44 bits per heavy atom. The van der Waals surface area contributed by atoms with Crippen LogP contribution in [0.15, 0.2) is 30.3 Å². The number of rotatable bonds is 3. The van der Waals surface area contributed by atoms with E-state index in [2.05, 4.69) is 15.5 Å². The van der Waals surface area contributed by atoms with E-state index >= 15 is 0 Å². The number of nitrogens with zero attached hydrogens (tertiary/aromatic N) is 2. The number of nitro groups is 1. The SMILES string of the molecule is Nc1ccccc1NC(=O)c1cc([N+](=O)[O-])[nH]n1. The summed E-state index contributed by atoms with van der Waals surface area (Å²) in [5.41, 5.74) is 6.39. The number of nitrogens with one attached hydrogen (secondary N) is 2. The number of aromatic amines is 1. The topological polar surface area (TPSA) is 127 Å². The second-order valence-electron chi connectivity index (χ2n) is 3.44. The molecule has 8 nitrogen and oxygen atoms in total. The van der Waals surface area contributed by atoms with Gasteiger partial charge in [0.05, 0.1) is 17.4 Å². The lowest BCUT2D eigenvalue weighted by atomic mass is 10.2. The lowest BCUT2D eigenvalue weighted by Crippen LogP contribution is -2.13. The summed E-state index contributed by atoms with van der Waals surface area (Å²) in [4.78, 5) is 21.5. The maximum absolute atomic E-state index is 11.7. The lowest BCUT2D eigenvalue weighted by Gasteiger charge is -2.05. The third-order valence-electron chi connectivity index (χ3n) is 2.20. The molecule has 18 heavy (non-hydrogen) atoms. The first-order valence-electron chi connectivity index (χ1n) is 4.93. The van der Waals surface area contributed by atoms with Gasteiger partial charge in [-0.2, -0.15) is 0 Å². The van der Waals surface area contributed by atoms with Crippen molar-refractivity contribution in [2.75, 3.05) is 11.1 Å². The van der Waals surface area contributed by atoms with Gasteiger partial charge in [-0.1, -0.05) is 17.2 Å². The van der Waals surface area contributed by atoms with Crippen LogP contribution < -0.4 is 11.1 Å². The first-order valence-corrected chi connectivity index (χ1v) is 4.93. The number of hydrogen-bond acceptors (Lipinski definition) is 5. The predicted molar refractivity (Wildman–Crippen MR) is 64.0 cm³/mol. The summed E-state index contributed by atoms with van der Waals surface area (Å²) >= 11 is 0. The molecule has 1 aromatic heterocycles. The number of nitrogen functional groups attached to an aromatic ring is 1. The predicted octanol–water partition coefficient (Wildman–Crippen LogP) is 1.15. The highest BCUT2D eigenvalue weighted by Crippen LogP contribution is 2.18. The fourth-order valence-electron chi connectivity index (χ4n) is 1.32. The summed E-state index contributed by atoms with van der Waals surface area (Å²) in [7, 11) is 0. The van der Waals surface area contributed by atoms with Crippen LogP contribution in [0.4, 0.5) is 17.2 Å². The zero-order valence-electron chi connectivity index (χ0n) is 9.08. The Bertz CT molecular complexity index is 607. The van der Waals surface area contributed by atoms with Crippen molar-refractivity contribution in [2.24, 2.45) is 0 Å². The van der Waals surface area contributed by atoms with E-state index in [-0.39, 0.29) is 11.5 Å². The van der Waals surface area contributed by atoms with Gasteiger partial charge in [-0.25, -0.2) is 0 Å². The summed E-state index contributed by atoms with van der Waals surface area (Å²) in [6.07, 6.45) is 0. The molecule has 0 aliphatic carbocycles. The summed E-state index contributed by atoms with van der Waals surface area (Å²) in [5.74, 6) is -0.918. The van der Waals surface area contributed by atoms with Gasteiger partial charge < -0.3 is 21.2 Å². The molecule has 0 saturated carbocycles. The van der Waals surface area contributed by atoms with Crippen LogP contribution >= 0.6 is 0 Å². The highest BCUT2D eigenvalue weighted by molar-refractivity contribution is 6.04. The Morgan fingerprint density at radius 2 is 2.17 bits per heavy atom. The first kappa shape index (κ1) is 11.6. The van der Waals surface area contributed by atoms with Crippen LogP contribution in [0.25, 0.3) is 0 Å². The average molecular weight is 247 g/mol. The standard InChI is InChI=1S/C10H9N5O3/c11-6-3-1-2-4-7(6)12-10(16)8-5-9(14-13-8)15(17)18/h1-5H,11H2,(H,12,16)(H,13,14). The number of para-hydroxylation sites is 2. The minimum Gasteiger partial charge on any atom is -0.397 e. The molecule has 1 aromatic carbocycles. The number of H-pyrrole nitrogens is 1. The van der Waals surface area contributed by atoms with Crippen molar-refractivity contribution in [1.82, 2.24) is 10.2 Å². The first-order chi connectivity index (χ1) is 8.58. The third-order valence-corrected chi connectivity index (χ3v) is 2.20. The summed E-state index contributed by atoms with van der Waals surface area (Å²) in [5, 5.41) is 18.6. The number of carbonyl (C=O) groups excluding carboxylic acids is 1. The number of carbonyl (C=O) groups is 1. The molecule has 2 aromatic rings. The molecular weight excluding hydrogens is 238 g/mol. The molecule has 0 aliphatic heterocycles. The van der Waals surface area contributed by atoms with Gasteiger partial charge in [-0.05, 0) is 17.1 Å². The number of hydrogen-bond donors (Lipinski definition) is 3. The van der Waals surface area contributed by atoms with Crippen LogP contribution in [0.1, 0.15) is 10.5 Å². The fraction of sp³-hybridized carbons (Fsp3) is 0. The zero-order chi connectivity index (χ0) is 13.1.